The highest BCUT2D eigenvalue weighted by Gasteiger charge is 2.36. The van der Waals surface area contributed by atoms with Gasteiger partial charge in [-0.1, -0.05) is 18.2 Å². The fraction of sp³-hybridized carbons (Fsp3) is 0.235. The van der Waals surface area contributed by atoms with Crippen molar-refractivity contribution in [2.45, 2.75) is 6.42 Å². The number of pyridine rings is 1. The summed E-state index contributed by atoms with van der Waals surface area (Å²) in [5.41, 5.74) is 0.688. The Balaban J connectivity index is 1.73. The normalized spacial score (nSPS) is 17.2. The van der Waals surface area contributed by atoms with Gasteiger partial charge in [-0.2, -0.15) is 0 Å². The highest BCUT2D eigenvalue weighted by Crippen LogP contribution is 2.32. The summed E-state index contributed by atoms with van der Waals surface area (Å²) in [6.07, 6.45) is 1.78. The number of nitrogens with one attached hydrogen (secondary N) is 1. The summed E-state index contributed by atoms with van der Waals surface area (Å²) >= 11 is 0. The van der Waals surface area contributed by atoms with Gasteiger partial charge in [0.1, 0.15) is 11.6 Å². The minimum absolute atomic E-state index is 0.0873. The lowest BCUT2D eigenvalue weighted by Crippen LogP contribution is -2.28. The first-order valence-electron chi connectivity index (χ1n) is 7.34. The maximum atomic E-state index is 12.3. The van der Waals surface area contributed by atoms with Crippen LogP contribution in [0.4, 0.5) is 11.5 Å². The molecule has 0 bridgehead atoms. The maximum Gasteiger partial charge on any atom is 0.230 e. The van der Waals surface area contributed by atoms with E-state index < -0.39 is 5.92 Å². The molecule has 2 aromatic rings. The zero-order valence-corrected chi connectivity index (χ0v) is 12.7. The van der Waals surface area contributed by atoms with E-state index in [1.165, 1.54) is 0 Å². The molecule has 1 aliphatic heterocycles. The zero-order chi connectivity index (χ0) is 16.2. The van der Waals surface area contributed by atoms with E-state index in [1.807, 2.05) is 18.2 Å². The van der Waals surface area contributed by atoms with Crippen LogP contribution in [0.15, 0.2) is 48.7 Å². The number of amides is 2. The molecule has 0 saturated carbocycles. The Bertz CT molecular complexity index is 718. The molecule has 3 rings (SSSR count). The van der Waals surface area contributed by atoms with Crippen molar-refractivity contribution in [1.82, 2.24) is 4.98 Å². The van der Waals surface area contributed by atoms with Gasteiger partial charge < -0.3 is 15.0 Å². The van der Waals surface area contributed by atoms with Crippen molar-refractivity contribution in [1.29, 1.82) is 0 Å². The summed E-state index contributed by atoms with van der Waals surface area (Å²) in [6, 6.07) is 12.6. The van der Waals surface area contributed by atoms with Crippen molar-refractivity contribution in [3.63, 3.8) is 0 Å². The molecule has 0 aliphatic carbocycles. The predicted molar refractivity (Wildman–Crippen MR) is 86.3 cm³/mol. The molecule has 0 radical (unpaired) electrons. The Kier molecular flexibility index (Phi) is 4.23. The lowest BCUT2D eigenvalue weighted by molar-refractivity contribution is -0.122. The number of methoxy groups -OCH3 is 1. The van der Waals surface area contributed by atoms with Gasteiger partial charge in [0.2, 0.25) is 11.8 Å². The summed E-state index contributed by atoms with van der Waals surface area (Å²) in [6.45, 7) is 0.331. The largest absolute Gasteiger partial charge is 0.495 e. The lowest BCUT2D eigenvalue weighted by Gasteiger charge is -2.19. The van der Waals surface area contributed by atoms with E-state index in [-0.39, 0.29) is 18.2 Å². The molecule has 118 valence electrons. The number of anilines is 2. The maximum absolute atomic E-state index is 12.3. The topological polar surface area (TPSA) is 71.5 Å². The molecule has 23 heavy (non-hydrogen) atoms. The molecule has 1 saturated heterocycles. The Hall–Kier alpha value is -2.89. The van der Waals surface area contributed by atoms with Crippen molar-refractivity contribution in [2.75, 3.05) is 23.9 Å². The zero-order valence-electron chi connectivity index (χ0n) is 12.7. The van der Waals surface area contributed by atoms with E-state index in [9.17, 15) is 9.59 Å². The van der Waals surface area contributed by atoms with Gasteiger partial charge in [-0.15, -0.1) is 0 Å². The Morgan fingerprint density at radius 2 is 2.04 bits per heavy atom. The Morgan fingerprint density at radius 3 is 2.78 bits per heavy atom. The second kappa shape index (κ2) is 6.48. The van der Waals surface area contributed by atoms with Crippen molar-refractivity contribution >= 4 is 23.3 Å². The standard InChI is InChI=1S/C17H17N3O3/c1-23-14-7-3-2-6-13(14)20-11-12(10-16(20)21)17(22)19-15-8-4-5-9-18-15/h2-9,12H,10-11H2,1H3,(H,18,19,22)/t12-/m1/s1. The van der Waals surface area contributed by atoms with Crippen LogP contribution in [0.1, 0.15) is 6.42 Å². The average Bonchev–Trinajstić information content (AvgIpc) is 2.97. The van der Waals surface area contributed by atoms with Gasteiger partial charge in [0, 0.05) is 19.2 Å². The van der Waals surface area contributed by atoms with E-state index in [0.717, 1.165) is 0 Å². The minimum atomic E-state index is -0.408. The van der Waals surface area contributed by atoms with Crippen LogP contribution in [0, 0.1) is 5.92 Å². The van der Waals surface area contributed by atoms with E-state index >= 15 is 0 Å². The third-order valence-corrected chi connectivity index (χ3v) is 3.79. The molecular formula is C17H17N3O3. The molecule has 1 aromatic heterocycles. The van der Waals surface area contributed by atoms with Crippen LogP contribution < -0.4 is 15.0 Å². The number of aromatic nitrogens is 1. The van der Waals surface area contributed by atoms with Crippen molar-refractivity contribution < 1.29 is 14.3 Å². The van der Waals surface area contributed by atoms with Gasteiger partial charge in [-0.05, 0) is 24.3 Å². The summed E-state index contributed by atoms with van der Waals surface area (Å²) in [4.78, 5) is 30.3. The monoisotopic (exact) mass is 311 g/mol. The molecule has 6 heteroatoms. The van der Waals surface area contributed by atoms with E-state index in [2.05, 4.69) is 10.3 Å². The van der Waals surface area contributed by atoms with E-state index in [0.29, 0.717) is 23.8 Å². The summed E-state index contributed by atoms with van der Waals surface area (Å²) in [5.74, 6) is 0.409. The number of hydrogen-bond donors (Lipinski definition) is 1. The smallest absolute Gasteiger partial charge is 0.230 e. The second-order valence-corrected chi connectivity index (χ2v) is 5.28. The second-order valence-electron chi connectivity index (χ2n) is 5.28. The third-order valence-electron chi connectivity index (χ3n) is 3.79. The van der Waals surface area contributed by atoms with Crippen LogP contribution in [0.3, 0.4) is 0 Å². The van der Waals surface area contributed by atoms with Crippen LogP contribution in [0.2, 0.25) is 0 Å². The molecule has 1 fully saturated rings. The number of hydrogen-bond acceptors (Lipinski definition) is 4. The number of benzene rings is 1. The molecule has 1 aliphatic rings. The van der Waals surface area contributed by atoms with Gasteiger partial charge in [-0.3, -0.25) is 9.59 Å². The first-order valence-corrected chi connectivity index (χ1v) is 7.34. The molecule has 2 amide bonds. The van der Waals surface area contributed by atoms with Crippen molar-refractivity contribution in [2.24, 2.45) is 5.92 Å². The first kappa shape index (κ1) is 15.0. The van der Waals surface area contributed by atoms with Crippen LogP contribution in [-0.2, 0) is 9.59 Å². The lowest BCUT2D eigenvalue weighted by atomic mass is 10.1. The minimum Gasteiger partial charge on any atom is -0.495 e. The van der Waals surface area contributed by atoms with Crippen LogP contribution in [-0.4, -0.2) is 30.5 Å². The summed E-state index contributed by atoms with van der Waals surface area (Å²) in [5, 5.41) is 2.74. The quantitative estimate of drug-likeness (QED) is 0.938. The molecule has 0 unspecified atom stereocenters. The number of rotatable bonds is 4. The number of ether oxygens (including phenoxy) is 1. The average molecular weight is 311 g/mol. The van der Waals surface area contributed by atoms with Crippen molar-refractivity contribution in [3.05, 3.63) is 48.7 Å². The number of carbonyl (C=O) groups is 2. The Labute approximate surface area is 134 Å². The molecule has 0 spiro atoms. The van der Waals surface area contributed by atoms with Gasteiger partial charge in [-0.25, -0.2) is 4.98 Å². The van der Waals surface area contributed by atoms with Crippen LogP contribution in [0.5, 0.6) is 5.75 Å². The third kappa shape index (κ3) is 3.15. The van der Waals surface area contributed by atoms with Gasteiger partial charge in [0.25, 0.3) is 0 Å². The molecule has 1 N–H and O–H groups in total. The highest BCUT2D eigenvalue weighted by atomic mass is 16.5. The fourth-order valence-corrected chi connectivity index (χ4v) is 2.63. The number of nitrogens with zero attached hydrogens (tertiary/aromatic N) is 2. The highest BCUT2D eigenvalue weighted by molar-refractivity contribution is 6.03. The molecule has 1 aromatic carbocycles. The molecule has 1 atom stereocenters. The summed E-state index contributed by atoms with van der Waals surface area (Å²) < 4.78 is 5.29. The fourth-order valence-electron chi connectivity index (χ4n) is 2.63. The SMILES string of the molecule is COc1ccccc1N1C[C@H](C(=O)Nc2ccccn2)CC1=O. The van der Waals surface area contributed by atoms with E-state index in [4.69, 9.17) is 4.74 Å². The van der Waals surface area contributed by atoms with Gasteiger partial charge in [0.05, 0.1) is 18.7 Å². The first-order chi connectivity index (χ1) is 11.2. The number of para-hydroxylation sites is 2. The van der Waals surface area contributed by atoms with Crippen LogP contribution in [0.25, 0.3) is 0 Å². The Morgan fingerprint density at radius 1 is 1.26 bits per heavy atom. The molecule has 6 nitrogen and oxygen atoms in total. The van der Waals surface area contributed by atoms with Gasteiger partial charge in [0.15, 0.2) is 0 Å². The number of carbonyl (C=O) groups excluding carboxylic acids is 2. The van der Waals surface area contributed by atoms with E-state index in [1.54, 1.807) is 42.5 Å². The van der Waals surface area contributed by atoms with Gasteiger partial charge >= 0.3 is 0 Å². The van der Waals surface area contributed by atoms with Crippen LogP contribution >= 0.6 is 0 Å². The summed E-state index contributed by atoms with van der Waals surface area (Å²) in [7, 11) is 1.56. The molecule has 2 heterocycles. The predicted octanol–water partition coefficient (Wildman–Crippen LogP) is 2.08. The van der Waals surface area contributed by atoms with Crippen molar-refractivity contribution in [3.8, 4) is 5.75 Å². The molecular weight excluding hydrogens is 294 g/mol.